The maximum Gasteiger partial charge on any atom is 0.228 e. The number of fused-ring (bicyclic) bond motifs is 1. The Hall–Kier alpha value is -2.04. The molecule has 29 heavy (non-hydrogen) atoms. The van der Waals surface area contributed by atoms with Crippen LogP contribution < -0.4 is 9.80 Å². The summed E-state index contributed by atoms with van der Waals surface area (Å²) in [5, 5.41) is 2.26. The fourth-order valence-electron chi connectivity index (χ4n) is 4.13. The normalized spacial score (nSPS) is 14.9. The van der Waals surface area contributed by atoms with Gasteiger partial charge in [-0.25, -0.2) is 4.98 Å². The first-order chi connectivity index (χ1) is 14.0. The molecule has 1 heterocycles. The molecule has 0 spiro atoms. The van der Waals surface area contributed by atoms with Crippen molar-refractivity contribution in [2.24, 2.45) is 0 Å². The molecule has 0 N–H and O–H groups in total. The lowest BCUT2D eigenvalue weighted by Crippen LogP contribution is -2.38. The lowest BCUT2D eigenvalue weighted by molar-refractivity contribution is 0.409. The van der Waals surface area contributed by atoms with E-state index in [9.17, 15) is 0 Å². The number of benzene rings is 2. The number of para-hydroxylation sites is 1. The van der Waals surface area contributed by atoms with Gasteiger partial charge >= 0.3 is 0 Å². The van der Waals surface area contributed by atoms with Crippen molar-refractivity contribution in [2.75, 3.05) is 23.9 Å². The zero-order chi connectivity index (χ0) is 20.4. The third-order valence-electron chi connectivity index (χ3n) is 5.64. The van der Waals surface area contributed by atoms with Gasteiger partial charge in [0.25, 0.3) is 0 Å². The average molecular weight is 429 g/mol. The first-order valence-corrected chi connectivity index (χ1v) is 10.9. The average Bonchev–Trinajstić information content (AvgIpc) is 2.74. The quantitative estimate of drug-likeness (QED) is 0.474. The summed E-state index contributed by atoms with van der Waals surface area (Å²) in [6.07, 6.45) is 6.05. The Kier molecular flexibility index (Phi) is 6.12. The highest BCUT2D eigenvalue weighted by Crippen LogP contribution is 2.33. The van der Waals surface area contributed by atoms with E-state index < -0.39 is 0 Å². The van der Waals surface area contributed by atoms with Gasteiger partial charge in [-0.05, 0) is 36.6 Å². The summed E-state index contributed by atoms with van der Waals surface area (Å²) in [6.45, 7) is 0.648. The zero-order valence-electron chi connectivity index (χ0n) is 16.9. The molecule has 3 aromatic rings. The Morgan fingerprint density at radius 2 is 1.69 bits per heavy atom. The Balaban J connectivity index is 1.81. The van der Waals surface area contributed by atoms with Crippen molar-refractivity contribution >= 4 is 45.9 Å². The van der Waals surface area contributed by atoms with Crippen molar-refractivity contribution in [3.63, 3.8) is 0 Å². The molecular formula is C23H26Cl2N4. The molecule has 2 aromatic carbocycles. The Morgan fingerprint density at radius 1 is 0.931 bits per heavy atom. The van der Waals surface area contributed by atoms with Gasteiger partial charge in [0.1, 0.15) is 5.82 Å². The van der Waals surface area contributed by atoms with E-state index in [1.165, 1.54) is 19.3 Å². The summed E-state index contributed by atoms with van der Waals surface area (Å²) in [4.78, 5) is 14.3. The Bertz CT molecular complexity index is 999. The fraction of sp³-hybridized carbons (Fsp3) is 0.391. The first kappa shape index (κ1) is 20.2. The van der Waals surface area contributed by atoms with E-state index in [0.29, 0.717) is 22.6 Å². The van der Waals surface area contributed by atoms with E-state index in [2.05, 4.69) is 21.9 Å². The largest absolute Gasteiger partial charge is 0.362 e. The second-order valence-electron chi connectivity index (χ2n) is 7.89. The molecule has 6 heteroatoms. The molecule has 0 saturated heterocycles. The van der Waals surface area contributed by atoms with Crippen LogP contribution in [0.15, 0.2) is 42.5 Å². The number of aromatic nitrogens is 2. The highest BCUT2D eigenvalue weighted by Gasteiger charge is 2.26. The first-order valence-electron chi connectivity index (χ1n) is 10.2. The van der Waals surface area contributed by atoms with Gasteiger partial charge in [0.2, 0.25) is 5.95 Å². The van der Waals surface area contributed by atoms with Crippen molar-refractivity contribution < 1.29 is 0 Å². The van der Waals surface area contributed by atoms with Crippen LogP contribution in [-0.4, -0.2) is 30.1 Å². The van der Waals surface area contributed by atoms with Crippen LogP contribution in [0.3, 0.4) is 0 Å². The predicted octanol–water partition coefficient (Wildman–Crippen LogP) is 6.34. The molecule has 0 unspecified atom stereocenters. The molecule has 0 amide bonds. The van der Waals surface area contributed by atoms with Gasteiger partial charge in [0.15, 0.2) is 0 Å². The molecule has 152 valence electrons. The monoisotopic (exact) mass is 428 g/mol. The van der Waals surface area contributed by atoms with Crippen molar-refractivity contribution in [3.05, 3.63) is 58.1 Å². The lowest BCUT2D eigenvalue weighted by atomic mass is 9.94. The summed E-state index contributed by atoms with van der Waals surface area (Å²) >= 11 is 12.8. The standard InChI is InChI=1S/C23H26Cl2N4/c1-28(2)22-18-12-6-7-14-20(18)26-23(27-22)29(17-10-4-3-5-11-17)15-16-9-8-13-19(24)21(16)25/h6-9,12-14,17H,3-5,10-11,15H2,1-2H3. The topological polar surface area (TPSA) is 32.3 Å². The third-order valence-corrected chi connectivity index (χ3v) is 6.50. The van der Waals surface area contributed by atoms with Gasteiger partial charge < -0.3 is 9.80 Å². The van der Waals surface area contributed by atoms with E-state index in [0.717, 1.165) is 41.1 Å². The molecular weight excluding hydrogens is 403 g/mol. The Labute approximate surface area is 182 Å². The number of hydrogen-bond donors (Lipinski definition) is 0. The molecule has 0 bridgehead atoms. The molecule has 0 aliphatic heterocycles. The number of nitrogens with zero attached hydrogens (tertiary/aromatic N) is 4. The van der Waals surface area contributed by atoms with Crippen LogP contribution in [0.5, 0.6) is 0 Å². The summed E-state index contributed by atoms with van der Waals surface area (Å²) in [5.41, 5.74) is 1.96. The maximum absolute atomic E-state index is 6.53. The summed E-state index contributed by atoms with van der Waals surface area (Å²) in [5.74, 6) is 1.69. The van der Waals surface area contributed by atoms with Gasteiger partial charge in [-0.3, -0.25) is 0 Å². The lowest BCUT2D eigenvalue weighted by Gasteiger charge is -2.35. The van der Waals surface area contributed by atoms with E-state index in [-0.39, 0.29) is 0 Å². The highest BCUT2D eigenvalue weighted by molar-refractivity contribution is 6.42. The van der Waals surface area contributed by atoms with Gasteiger partial charge in [-0.1, -0.05) is 66.7 Å². The minimum Gasteiger partial charge on any atom is -0.362 e. The van der Waals surface area contributed by atoms with E-state index in [1.54, 1.807) is 0 Å². The highest BCUT2D eigenvalue weighted by atomic mass is 35.5. The van der Waals surface area contributed by atoms with Crippen molar-refractivity contribution in [2.45, 2.75) is 44.7 Å². The van der Waals surface area contributed by atoms with Crippen LogP contribution >= 0.6 is 23.2 Å². The minimum atomic E-state index is 0.398. The number of rotatable bonds is 5. The summed E-state index contributed by atoms with van der Waals surface area (Å²) < 4.78 is 0. The summed E-state index contributed by atoms with van der Waals surface area (Å²) in [6, 6.07) is 14.4. The minimum absolute atomic E-state index is 0.398. The summed E-state index contributed by atoms with van der Waals surface area (Å²) in [7, 11) is 4.05. The molecule has 1 fully saturated rings. The van der Waals surface area contributed by atoms with Gasteiger partial charge in [0, 0.05) is 32.1 Å². The number of anilines is 2. The van der Waals surface area contributed by atoms with E-state index in [1.807, 2.05) is 44.4 Å². The van der Waals surface area contributed by atoms with Gasteiger partial charge in [-0.2, -0.15) is 4.98 Å². The zero-order valence-corrected chi connectivity index (χ0v) is 18.4. The maximum atomic E-state index is 6.53. The number of halogens is 2. The second kappa shape index (κ2) is 8.76. The molecule has 4 rings (SSSR count). The smallest absolute Gasteiger partial charge is 0.228 e. The Morgan fingerprint density at radius 3 is 2.45 bits per heavy atom. The van der Waals surface area contributed by atoms with Gasteiger partial charge in [0.05, 0.1) is 15.6 Å². The molecule has 1 aliphatic carbocycles. The molecule has 4 nitrogen and oxygen atoms in total. The molecule has 0 radical (unpaired) electrons. The third kappa shape index (κ3) is 4.29. The molecule has 1 saturated carbocycles. The molecule has 1 aliphatic rings. The van der Waals surface area contributed by atoms with Gasteiger partial charge in [-0.15, -0.1) is 0 Å². The van der Waals surface area contributed by atoms with E-state index in [4.69, 9.17) is 33.2 Å². The molecule has 0 atom stereocenters. The number of hydrogen-bond acceptors (Lipinski definition) is 4. The van der Waals surface area contributed by atoms with Crippen LogP contribution in [0.25, 0.3) is 10.9 Å². The molecule has 1 aromatic heterocycles. The van der Waals surface area contributed by atoms with Crippen LogP contribution in [0.1, 0.15) is 37.7 Å². The fourth-order valence-corrected chi connectivity index (χ4v) is 4.51. The van der Waals surface area contributed by atoms with Crippen LogP contribution in [0, 0.1) is 0 Å². The second-order valence-corrected chi connectivity index (χ2v) is 8.68. The van der Waals surface area contributed by atoms with Crippen LogP contribution in [-0.2, 0) is 6.54 Å². The van der Waals surface area contributed by atoms with Crippen LogP contribution in [0.2, 0.25) is 10.0 Å². The predicted molar refractivity (Wildman–Crippen MR) is 123 cm³/mol. The van der Waals surface area contributed by atoms with Crippen molar-refractivity contribution in [1.29, 1.82) is 0 Å². The van der Waals surface area contributed by atoms with Crippen LogP contribution in [0.4, 0.5) is 11.8 Å². The van der Waals surface area contributed by atoms with Crippen molar-refractivity contribution in [1.82, 2.24) is 9.97 Å². The van der Waals surface area contributed by atoms with Crippen molar-refractivity contribution in [3.8, 4) is 0 Å². The SMILES string of the molecule is CN(C)c1nc(N(Cc2cccc(Cl)c2Cl)C2CCCCC2)nc2ccccc12. The van der Waals surface area contributed by atoms with E-state index >= 15 is 0 Å².